The van der Waals surface area contributed by atoms with Crippen LogP contribution in [0.4, 0.5) is 15.4 Å². The number of hydrogen-bond acceptors (Lipinski definition) is 8. The maximum Gasteiger partial charge on any atom is 0.410 e. The highest BCUT2D eigenvalue weighted by Crippen LogP contribution is 2.30. The summed E-state index contributed by atoms with van der Waals surface area (Å²) in [6, 6.07) is 11.1. The number of nitrogens with zero attached hydrogens (tertiary/aromatic N) is 6. The van der Waals surface area contributed by atoms with Crippen LogP contribution in [0.5, 0.6) is 0 Å². The number of halogens is 1. The molecule has 0 bridgehead atoms. The third-order valence-corrected chi connectivity index (χ3v) is 6.10. The molecule has 190 valence electrons. The van der Waals surface area contributed by atoms with Gasteiger partial charge in [0, 0.05) is 25.2 Å². The van der Waals surface area contributed by atoms with Gasteiger partial charge in [0.1, 0.15) is 24.1 Å². The van der Waals surface area contributed by atoms with E-state index < -0.39 is 23.8 Å². The van der Waals surface area contributed by atoms with Crippen LogP contribution in [0.1, 0.15) is 37.6 Å². The van der Waals surface area contributed by atoms with Gasteiger partial charge in [0.25, 0.3) is 0 Å². The fraction of sp³-hybridized carbons (Fsp3) is 0.480. The number of aromatic nitrogens is 2. The molecule has 0 unspecified atom stereocenters. The Hall–Kier alpha value is -3.58. The third-order valence-electron chi connectivity index (χ3n) is 5.93. The second-order valence-electron chi connectivity index (χ2n) is 9.72. The number of piperazine rings is 1. The zero-order valence-electron chi connectivity index (χ0n) is 20.6. The van der Waals surface area contributed by atoms with Gasteiger partial charge in [-0.05, 0) is 44.4 Å². The zero-order valence-corrected chi connectivity index (χ0v) is 21.4. The summed E-state index contributed by atoms with van der Waals surface area (Å²) in [4.78, 5) is 39.0. The SMILES string of the molecule is CC(C)(C)OC(=O)N1CCN(c2nc(Cl)nc3c2CCN(C(=O)OCc2ccccc2)C3)[C@@H](C#N)C1. The molecule has 0 saturated carbocycles. The smallest absolute Gasteiger partial charge is 0.410 e. The molecule has 0 radical (unpaired) electrons. The molecule has 0 aliphatic carbocycles. The lowest BCUT2D eigenvalue weighted by Crippen LogP contribution is -2.56. The minimum Gasteiger partial charge on any atom is -0.445 e. The lowest BCUT2D eigenvalue weighted by molar-refractivity contribution is 0.0226. The number of rotatable bonds is 3. The van der Waals surface area contributed by atoms with Gasteiger partial charge < -0.3 is 24.2 Å². The number of fused-ring (bicyclic) bond motifs is 1. The van der Waals surface area contributed by atoms with Gasteiger partial charge in [-0.25, -0.2) is 19.6 Å². The van der Waals surface area contributed by atoms with Crippen molar-refractivity contribution in [2.75, 3.05) is 31.1 Å². The predicted octanol–water partition coefficient (Wildman–Crippen LogP) is 3.77. The number of carbonyl (C=O) groups is 2. The standard InChI is InChI=1S/C25H29ClN6O4/c1-25(2,3)36-24(34)31-11-12-32(18(13-27)14-31)21-19-9-10-30(15-20(19)28-22(26)29-21)23(33)35-16-17-7-5-4-6-8-17/h4-8,18H,9-12,14-16H2,1-3H3/t18-/m0/s1. The molecule has 1 atom stereocenters. The molecular formula is C25H29ClN6O4. The van der Waals surface area contributed by atoms with Crippen LogP contribution in [0.3, 0.4) is 0 Å². The van der Waals surface area contributed by atoms with E-state index in [4.69, 9.17) is 21.1 Å². The van der Waals surface area contributed by atoms with Crippen molar-refractivity contribution >= 4 is 29.6 Å². The first-order valence-corrected chi connectivity index (χ1v) is 12.2. The summed E-state index contributed by atoms with van der Waals surface area (Å²) in [6.07, 6.45) is -0.386. The molecule has 2 amide bonds. The van der Waals surface area contributed by atoms with Crippen LogP contribution in [0.2, 0.25) is 5.28 Å². The van der Waals surface area contributed by atoms with Crippen LogP contribution in [-0.2, 0) is 29.0 Å². The third kappa shape index (κ3) is 5.97. The van der Waals surface area contributed by atoms with Crippen molar-refractivity contribution in [2.45, 2.75) is 52.0 Å². The molecule has 0 spiro atoms. The Balaban J connectivity index is 1.47. The van der Waals surface area contributed by atoms with Gasteiger partial charge in [-0.1, -0.05) is 30.3 Å². The van der Waals surface area contributed by atoms with E-state index in [0.717, 1.165) is 11.1 Å². The Morgan fingerprint density at radius 1 is 1.11 bits per heavy atom. The van der Waals surface area contributed by atoms with Crippen molar-refractivity contribution in [3.05, 3.63) is 52.4 Å². The first kappa shape index (κ1) is 25.5. The minimum absolute atomic E-state index is 0.0366. The summed E-state index contributed by atoms with van der Waals surface area (Å²) >= 11 is 6.26. The van der Waals surface area contributed by atoms with Crippen LogP contribution in [0.15, 0.2) is 30.3 Å². The number of carbonyl (C=O) groups excluding carboxylic acids is 2. The van der Waals surface area contributed by atoms with Crippen LogP contribution in [0.25, 0.3) is 0 Å². The fourth-order valence-electron chi connectivity index (χ4n) is 4.22. The van der Waals surface area contributed by atoms with Crippen molar-refractivity contribution < 1.29 is 19.1 Å². The average Bonchev–Trinajstić information content (AvgIpc) is 2.85. The Morgan fingerprint density at radius 2 is 1.86 bits per heavy atom. The van der Waals surface area contributed by atoms with Crippen LogP contribution in [-0.4, -0.2) is 69.8 Å². The lowest BCUT2D eigenvalue weighted by Gasteiger charge is -2.40. The number of nitriles is 1. The first-order valence-electron chi connectivity index (χ1n) is 11.8. The summed E-state index contributed by atoms with van der Waals surface area (Å²) in [7, 11) is 0. The Morgan fingerprint density at radius 3 is 2.56 bits per heavy atom. The number of benzene rings is 1. The van der Waals surface area contributed by atoms with E-state index in [1.165, 1.54) is 4.90 Å². The van der Waals surface area contributed by atoms with E-state index in [9.17, 15) is 14.9 Å². The van der Waals surface area contributed by atoms with Crippen molar-refractivity contribution in [1.82, 2.24) is 19.8 Å². The highest BCUT2D eigenvalue weighted by molar-refractivity contribution is 6.28. The second-order valence-corrected chi connectivity index (χ2v) is 10.1. The molecule has 1 saturated heterocycles. The van der Waals surface area contributed by atoms with E-state index in [2.05, 4.69) is 16.0 Å². The molecule has 3 heterocycles. The van der Waals surface area contributed by atoms with E-state index in [-0.39, 0.29) is 25.0 Å². The number of ether oxygens (including phenoxy) is 2. The van der Waals surface area contributed by atoms with Gasteiger partial charge in [0.2, 0.25) is 5.28 Å². The van der Waals surface area contributed by atoms with Crippen LogP contribution >= 0.6 is 11.6 Å². The molecule has 1 aromatic carbocycles. The van der Waals surface area contributed by atoms with Crippen molar-refractivity contribution in [1.29, 1.82) is 5.26 Å². The lowest BCUT2D eigenvalue weighted by atomic mass is 10.0. The molecule has 2 aromatic rings. The largest absolute Gasteiger partial charge is 0.445 e. The summed E-state index contributed by atoms with van der Waals surface area (Å²) in [5.41, 5.74) is 1.75. The molecule has 0 N–H and O–H groups in total. The molecule has 11 heteroatoms. The Labute approximate surface area is 215 Å². The monoisotopic (exact) mass is 512 g/mol. The van der Waals surface area contributed by atoms with Crippen LogP contribution < -0.4 is 4.90 Å². The molecule has 2 aliphatic rings. The van der Waals surface area contributed by atoms with Crippen molar-refractivity contribution in [2.24, 2.45) is 0 Å². The van der Waals surface area contributed by atoms with E-state index in [1.54, 1.807) is 25.7 Å². The summed E-state index contributed by atoms with van der Waals surface area (Å²) in [5, 5.41) is 9.92. The normalized spacial score (nSPS) is 17.8. The van der Waals surface area contributed by atoms with Gasteiger partial charge >= 0.3 is 12.2 Å². The Kier molecular flexibility index (Phi) is 7.50. The van der Waals surface area contributed by atoms with Gasteiger partial charge in [-0.15, -0.1) is 0 Å². The van der Waals surface area contributed by atoms with E-state index >= 15 is 0 Å². The summed E-state index contributed by atoms with van der Waals surface area (Å²) < 4.78 is 10.9. The average molecular weight is 513 g/mol. The van der Waals surface area contributed by atoms with E-state index in [0.29, 0.717) is 37.6 Å². The maximum absolute atomic E-state index is 12.7. The summed E-state index contributed by atoms with van der Waals surface area (Å²) in [6.45, 7) is 7.20. The van der Waals surface area contributed by atoms with Crippen molar-refractivity contribution in [3.8, 4) is 6.07 Å². The van der Waals surface area contributed by atoms with Gasteiger partial charge in [0.15, 0.2) is 0 Å². The molecule has 36 heavy (non-hydrogen) atoms. The molecule has 2 aliphatic heterocycles. The maximum atomic E-state index is 12.7. The minimum atomic E-state index is -0.629. The quantitative estimate of drug-likeness (QED) is 0.571. The van der Waals surface area contributed by atoms with Crippen molar-refractivity contribution in [3.63, 3.8) is 0 Å². The zero-order chi connectivity index (χ0) is 25.9. The van der Waals surface area contributed by atoms with Gasteiger partial charge in [0.05, 0.1) is 24.9 Å². The van der Waals surface area contributed by atoms with Gasteiger partial charge in [-0.2, -0.15) is 5.26 Å². The summed E-state index contributed by atoms with van der Waals surface area (Å²) in [5.74, 6) is 0.567. The molecule has 10 nitrogen and oxygen atoms in total. The molecule has 1 fully saturated rings. The predicted molar refractivity (Wildman–Crippen MR) is 132 cm³/mol. The van der Waals surface area contributed by atoms with E-state index in [1.807, 2.05) is 35.2 Å². The number of hydrogen-bond donors (Lipinski definition) is 0. The topological polar surface area (TPSA) is 112 Å². The first-order chi connectivity index (χ1) is 17.1. The molecule has 4 rings (SSSR count). The van der Waals surface area contributed by atoms with Gasteiger partial charge in [-0.3, -0.25) is 0 Å². The van der Waals surface area contributed by atoms with Crippen LogP contribution in [0, 0.1) is 11.3 Å². The number of anilines is 1. The Bertz CT molecular complexity index is 1160. The number of amides is 2. The highest BCUT2D eigenvalue weighted by Gasteiger charge is 2.36. The molecule has 1 aromatic heterocycles. The molecular weight excluding hydrogens is 484 g/mol. The fourth-order valence-corrected chi connectivity index (χ4v) is 4.41. The highest BCUT2D eigenvalue weighted by atomic mass is 35.5. The second kappa shape index (κ2) is 10.6.